The third-order valence-corrected chi connectivity index (χ3v) is 6.20. The van der Waals surface area contributed by atoms with Gasteiger partial charge in [0.25, 0.3) is 0 Å². The molecule has 2 aliphatic rings. The first-order valence-corrected chi connectivity index (χ1v) is 8.74. The lowest BCUT2D eigenvalue weighted by molar-refractivity contribution is 0.252. The van der Waals surface area contributed by atoms with E-state index in [-0.39, 0.29) is 17.5 Å². The zero-order chi connectivity index (χ0) is 13.7. The summed E-state index contributed by atoms with van der Waals surface area (Å²) >= 11 is 0. The third kappa shape index (κ3) is 2.43. The summed E-state index contributed by atoms with van der Waals surface area (Å²) in [4.78, 5) is 0. The van der Waals surface area contributed by atoms with Gasteiger partial charge in [0.1, 0.15) is 0 Å². The van der Waals surface area contributed by atoms with Gasteiger partial charge in [0, 0.05) is 12.1 Å². The maximum Gasteiger partial charge on any atom is 0.151 e. The Hall–Kier alpha value is -0.870. The van der Waals surface area contributed by atoms with Crippen LogP contribution in [0.4, 0.5) is 0 Å². The van der Waals surface area contributed by atoms with Crippen molar-refractivity contribution < 1.29 is 8.42 Å². The molecule has 1 heterocycles. The number of benzene rings is 1. The predicted molar refractivity (Wildman–Crippen MR) is 76.9 cm³/mol. The zero-order valence-electron chi connectivity index (χ0n) is 11.5. The Bertz CT molecular complexity index is 592. The summed E-state index contributed by atoms with van der Waals surface area (Å²) in [5.41, 5.74) is 2.89. The van der Waals surface area contributed by atoms with E-state index >= 15 is 0 Å². The van der Waals surface area contributed by atoms with Gasteiger partial charge in [-0.15, -0.1) is 0 Å². The summed E-state index contributed by atoms with van der Waals surface area (Å²) in [6.45, 7) is 4.52. The van der Waals surface area contributed by atoms with Gasteiger partial charge in [0.05, 0.1) is 11.5 Å². The second-order valence-corrected chi connectivity index (χ2v) is 8.79. The van der Waals surface area contributed by atoms with Gasteiger partial charge in [0.2, 0.25) is 0 Å². The maximum atomic E-state index is 11.6. The van der Waals surface area contributed by atoms with Crippen LogP contribution in [0.15, 0.2) is 24.3 Å². The topological polar surface area (TPSA) is 46.2 Å². The number of fused-ring (bicyclic) bond motifs is 1. The number of hydrogen-bond acceptors (Lipinski definition) is 3. The van der Waals surface area contributed by atoms with E-state index in [1.54, 1.807) is 0 Å². The average molecular weight is 279 g/mol. The maximum absolute atomic E-state index is 11.6. The fourth-order valence-electron chi connectivity index (χ4n) is 3.47. The van der Waals surface area contributed by atoms with E-state index in [9.17, 15) is 8.42 Å². The molecule has 3 nitrogen and oxygen atoms in total. The molecule has 2 atom stereocenters. The summed E-state index contributed by atoms with van der Waals surface area (Å²) < 4.78 is 23.2. The number of sulfone groups is 1. The molecule has 0 radical (unpaired) electrons. The Morgan fingerprint density at radius 2 is 2.00 bits per heavy atom. The monoisotopic (exact) mass is 279 g/mol. The van der Waals surface area contributed by atoms with E-state index in [1.165, 1.54) is 11.1 Å². The van der Waals surface area contributed by atoms with Crippen molar-refractivity contribution in [3.05, 3.63) is 35.4 Å². The van der Waals surface area contributed by atoms with Crippen molar-refractivity contribution in [2.45, 2.75) is 38.8 Å². The van der Waals surface area contributed by atoms with E-state index in [4.69, 9.17) is 0 Å². The van der Waals surface area contributed by atoms with E-state index in [0.717, 1.165) is 12.8 Å². The summed E-state index contributed by atoms with van der Waals surface area (Å²) in [6.07, 6.45) is 1.80. The molecule has 1 aliphatic heterocycles. The van der Waals surface area contributed by atoms with Crippen LogP contribution in [0.3, 0.4) is 0 Å². The molecule has 0 bridgehead atoms. The molecule has 0 saturated carbocycles. The van der Waals surface area contributed by atoms with Crippen LogP contribution in [-0.2, 0) is 16.3 Å². The number of hydrogen-bond donors (Lipinski definition) is 1. The molecule has 1 saturated heterocycles. The minimum Gasteiger partial charge on any atom is -0.306 e. The van der Waals surface area contributed by atoms with Crippen LogP contribution in [0.5, 0.6) is 0 Å². The standard InChI is InChI=1S/C15H21NO2S/c1-15(2)9-11-5-3-4-6-13(11)14(15)16-12-7-8-19(17,18)10-12/h3-6,12,14,16H,7-10H2,1-2H3. The molecule has 4 heteroatoms. The molecule has 0 amide bonds. The van der Waals surface area contributed by atoms with Gasteiger partial charge in [0.15, 0.2) is 9.84 Å². The summed E-state index contributed by atoms with van der Waals surface area (Å²) in [5.74, 6) is 0.626. The molecule has 1 N–H and O–H groups in total. The predicted octanol–water partition coefficient (Wildman–Crippen LogP) is 2.09. The zero-order valence-corrected chi connectivity index (χ0v) is 12.3. The van der Waals surface area contributed by atoms with Crippen molar-refractivity contribution in [2.24, 2.45) is 5.41 Å². The molecule has 1 aliphatic carbocycles. The average Bonchev–Trinajstić information content (AvgIpc) is 2.77. The fourth-order valence-corrected chi connectivity index (χ4v) is 5.15. The van der Waals surface area contributed by atoms with Gasteiger partial charge in [-0.3, -0.25) is 0 Å². The van der Waals surface area contributed by atoms with Gasteiger partial charge < -0.3 is 5.32 Å². The second-order valence-electron chi connectivity index (χ2n) is 6.56. The van der Waals surface area contributed by atoms with Crippen molar-refractivity contribution in [3.63, 3.8) is 0 Å². The Morgan fingerprint density at radius 1 is 1.26 bits per heavy atom. The van der Waals surface area contributed by atoms with Gasteiger partial charge >= 0.3 is 0 Å². The van der Waals surface area contributed by atoms with E-state index in [1.807, 2.05) is 0 Å². The lowest BCUT2D eigenvalue weighted by Crippen LogP contribution is -2.39. The minimum atomic E-state index is -2.81. The summed E-state index contributed by atoms with van der Waals surface area (Å²) in [7, 11) is -2.81. The fraction of sp³-hybridized carbons (Fsp3) is 0.600. The van der Waals surface area contributed by atoms with E-state index < -0.39 is 9.84 Å². The molecule has 19 heavy (non-hydrogen) atoms. The van der Waals surface area contributed by atoms with Crippen LogP contribution in [0.1, 0.15) is 37.4 Å². The normalized spacial score (nSPS) is 31.3. The van der Waals surface area contributed by atoms with Gasteiger partial charge in [-0.1, -0.05) is 38.1 Å². The van der Waals surface area contributed by atoms with E-state index in [0.29, 0.717) is 11.5 Å². The van der Waals surface area contributed by atoms with Crippen molar-refractivity contribution in [1.82, 2.24) is 5.32 Å². The van der Waals surface area contributed by atoms with Crippen molar-refractivity contribution in [1.29, 1.82) is 0 Å². The molecular weight excluding hydrogens is 258 g/mol. The molecule has 2 unspecified atom stereocenters. The Morgan fingerprint density at radius 3 is 2.68 bits per heavy atom. The number of rotatable bonds is 2. The lowest BCUT2D eigenvalue weighted by atomic mass is 9.85. The highest BCUT2D eigenvalue weighted by atomic mass is 32.2. The summed E-state index contributed by atoms with van der Waals surface area (Å²) in [6, 6.07) is 8.88. The summed E-state index contributed by atoms with van der Waals surface area (Å²) in [5, 5.41) is 3.60. The largest absolute Gasteiger partial charge is 0.306 e. The SMILES string of the molecule is CC1(C)Cc2ccccc2C1NC1CCS(=O)(=O)C1. The van der Waals surface area contributed by atoms with Crippen molar-refractivity contribution in [3.8, 4) is 0 Å². The Labute approximate surface area is 115 Å². The molecular formula is C15H21NO2S. The Balaban J connectivity index is 1.84. The third-order valence-electron chi connectivity index (χ3n) is 4.43. The highest BCUT2D eigenvalue weighted by Gasteiger charge is 2.41. The second kappa shape index (κ2) is 4.32. The first kappa shape index (κ1) is 13.1. The molecule has 0 spiro atoms. The quantitative estimate of drug-likeness (QED) is 0.901. The molecule has 104 valence electrons. The molecule has 3 rings (SSSR count). The molecule has 1 aromatic rings. The van der Waals surface area contributed by atoms with Crippen LogP contribution in [0.2, 0.25) is 0 Å². The lowest BCUT2D eigenvalue weighted by Gasteiger charge is -2.31. The van der Waals surface area contributed by atoms with Crippen LogP contribution < -0.4 is 5.32 Å². The van der Waals surface area contributed by atoms with Gasteiger partial charge in [-0.05, 0) is 29.4 Å². The first-order valence-electron chi connectivity index (χ1n) is 6.92. The number of nitrogens with one attached hydrogen (secondary N) is 1. The van der Waals surface area contributed by atoms with Crippen LogP contribution in [0.25, 0.3) is 0 Å². The highest BCUT2D eigenvalue weighted by molar-refractivity contribution is 7.91. The van der Waals surface area contributed by atoms with Gasteiger partial charge in [-0.25, -0.2) is 8.42 Å². The molecule has 0 aromatic heterocycles. The van der Waals surface area contributed by atoms with Crippen LogP contribution in [0, 0.1) is 5.41 Å². The highest BCUT2D eigenvalue weighted by Crippen LogP contribution is 2.45. The Kier molecular flexibility index (Phi) is 2.98. The first-order chi connectivity index (χ1) is 8.87. The van der Waals surface area contributed by atoms with Crippen molar-refractivity contribution >= 4 is 9.84 Å². The van der Waals surface area contributed by atoms with Crippen LogP contribution in [-0.4, -0.2) is 26.0 Å². The smallest absolute Gasteiger partial charge is 0.151 e. The van der Waals surface area contributed by atoms with Crippen molar-refractivity contribution in [2.75, 3.05) is 11.5 Å². The molecule has 1 fully saturated rings. The van der Waals surface area contributed by atoms with Gasteiger partial charge in [-0.2, -0.15) is 0 Å². The van der Waals surface area contributed by atoms with Crippen LogP contribution >= 0.6 is 0 Å². The molecule has 1 aromatic carbocycles. The van der Waals surface area contributed by atoms with E-state index in [2.05, 4.69) is 43.4 Å². The minimum absolute atomic E-state index is 0.112.